The highest BCUT2D eigenvalue weighted by Gasteiger charge is 2.15. The molecule has 0 radical (unpaired) electrons. The number of ether oxygens (including phenoxy) is 1. The van der Waals surface area contributed by atoms with E-state index in [0.29, 0.717) is 4.47 Å². The maximum Gasteiger partial charge on any atom is 0.338 e. The maximum absolute atomic E-state index is 13.7. The second kappa shape index (κ2) is 7.20. The van der Waals surface area contributed by atoms with Gasteiger partial charge in [-0.25, -0.2) is 22.3 Å². The van der Waals surface area contributed by atoms with Gasteiger partial charge in [0.2, 0.25) is 10.0 Å². The lowest BCUT2D eigenvalue weighted by atomic mass is 10.2. The molecule has 0 atom stereocenters. The first-order chi connectivity index (χ1) is 10.8. The Morgan fingerprint density at radius 3 is 2.65 bits per heavy atom. The third kappa shape index (κ3) is 4.37. The molecule has 0 heterocycles. The van der Waals surface area contributed by atoms with Crippen LogP contribution in [0.1, 0.15) is 15.9 Å². The monoisotopic (exact) mass is 401 g/mol. The van der Waals surface area contributed by atoms with Crippen molar-refractivity contribution in [2.75, 3.05) is 7.05 Å². The fraction of sp³-hybridized carbons (Fsp3) is 0.133. The van der Waals surface area contributed by atoms with E-state index in [-0.39, 0.29) is 22.6 Å². The van der Waals surface area contributed by atoms with Crippen molar-refractivity contribution in [2.24, 2.45) is 0 Å². The average Bonchev–Trinajstić information content (AvgIpc) is 2.54. The summed E-state index contributed by atoms with van der Waals surface area (Å²) in [7, 11) is -2.38. The summed E-state index contributed by atoms with van der Waals surface area (Å²) in [6.07, 6.45) is 0. The summed E-state index contributed by atoms with van der Waals surface area (Å²) in [4.78, 5) is 11.9. The quantitative estimate of drug-likeness (QED) is 0.781. The van der Waals surface area contributed by atoms with E-state index in [4.69, 9.17) is 4.74 Å². The Hall–Kier alpha value is -1.77. The van der Waals surface area contributed by atoms with Crippen LogP contribution in [0.5, 0.6) is 0 Å². The Labute approximate surface area is 141 Å². The lowest BCUT2D eigenvalue weighted by Gasteiger charge is -2.08. The molecule has 0 fully saturated rings. The highest BCUT2D eigenvalue weighted by Crippen LogP contribution is 2.17. The first-order valence-electron chi connectivity index (χ1n) is 6.48. The van der Waals surface area contributed by atoms with Gasteiger partial charge in [0, 0.05) is 10.0 Å². The summed E-state index contributed by atoms with van der Waals surface area (Å²) in [5.41, 5.74) is 0.291. The van der Waals surface area contributed by atoms with Gasteiger partial charge < -0.3 is 4.74 Å². The zero-order valence-corrected chi connectivity index (χ0v) is 14.4. The van der Waals surface area contributed by atoms with Crippen LogP contribution in [0.2, 0.25) is 0 Å². The number of sulfonamides is 1. The molecule has 0 aliphatic heterocycles. The van der Waals surface area contributed by atoms with Crippen LogP contribution in [0.4, 0.5) is 4.39 Å². The maximum atomic E-state index is 13.7. The molecule has 0 unspecified atom stereocenters. The van der Waals surface area contributed by atoms with Crippen LogP contribution in [0.3, 0.4) is 0 Å². The predicted octanol–water partition coefficient (Wildman–Crippen LogP) is 2.85. The third-order valence-electron chi connectivity index (χ3n) is 3.02. The number of halogens is 2. The van der Waals surface area contributed by atoms with E-state index in [0.717, 1.165) is 0 Å². The van der Waals surface area contributed by atoms with Gasteiger partial charge in [-0.1, -0.05) is 28.1 Å². The van der Waals surface area contributed by atoms with Crippen LogP contribution in [-0.4, -0.2) is 21.4 Å². The molecule has 2 aromatic carbocycles. The summed E-state index contributed by atoms with van der Waals surface area (Å²) in [5, 5.41) is 0. The van der Waals surface area contributed by atoms with Crippen molar-refractivity contribution in [1.82, 2.24) is 4.72 Å². The van der Waals surface area contributed by atoms with Crippen molar-refractivity contribution >= 4 is 31.9 Å². The van der Waals surface area contributed by atoms with Gasteiger partial charge in [0.25, 0.3) is 0 Å². The van der Waals surface area contributed by atoms with Crippen LogP contribution < -0.4 is 4.72 Å². The molecule has 0 aromatic heterocycles. The predicted molar refractivity (Wildman–Crippen MR) is 85.9 cm³/mol. The lowest BCUT2D eigenvalue weighted by molar-refractivity contribution is 0.0468. The molecule has 8 heteroatoms. The van der Waals surface area contributed by atoms with Gasteiger partial charge in [0.05, 0.1) is 10.5 Å². The Kier molecular flexibility index (Phi) is 5.51. The van der Waals surface area contributed by atoms with Crippen LogP contribution in [0.25, 0.3) is 0 Å². The molecule has 0 saturated heterocycles. The van der Waals surface area contributed by atoms with Crippen molar-refractivity contribution < 1.29 is 22.3 Å². The van der Waals surface area contributed by atoms with Gasteiger partial charge in [0.1, 0.15) is 12.4 Å². The number of rotatable bonds is 5. The number of esters is 1. The molecule has 0 saturated carbocycles. The van der Waals surface area contributed by atoms with Gasteiger partial charge in [-0.3, -0.25) is 0 Å². The van der Waals surface area contributed by atoms with E-state index in [1.165, 1.54) is 43.4 Å². The van der Waals surface area contributed by atoms with E-state index in [1.807, 2.05) is 0 Å². The molecule has 0 aliphatic carbocycles. The molecular weight excluding hydrogens is 389 g/mol. The second-order valence-corrected chi connectivity index (χ2v) is 7.35. The molecule has 1 N–H and O–H groups in total. The number of hydrogen-bond acceptors (Lipinski definition) is 4. The van der Waals surface area contributed by atoms with Gasteiger partial charge in [-0.05, 0) is 37.4 Å². The minimum atomic E-state index is -3.66. The Bertz CT molecular complexity index is 839. The molecule has 122 valence electrons. The molecular formula is C15H13BrFNO4S. The number of hydrogen-bond donors (Lipinski definition) is 1. The molecule has 5 nitrogen and oxygen atoms in total. The fourth-order valence-electron chi connectivity index (χ4n) is 1.77. The number of nitrogens with one attached hydrogen (secondary N) is 1. The Morgan fingerprint density at radius 1 is 1.26 bits per heavy atom. The van der Waals surface area contributed by atoms with E-state index >= 15 is 0 Å². The molecule has 23 heavy (non-hydrogen) atoms. The molecule has 0 amide bonds. The number of carbonyl (C=O) groups is 1. The van der Waals surface area contributed by atoms with Crippen molar-refractivity contribution in [3.05, 3.63) is 63.9 Å². The lowest BCUT2D eigenvalue weighted by Crippen LogP contribution is -2.19. The SMILES string of the molecule is CNS(=O)(=O)c1cccc(C(=O)OCc2ccc(Br)cc2F)c1. The van der Waals surface area contributed by atoms with Crippen molar-refractivity contribution in [3.63, 3.8) is 0 Å². The minimum absolute atomic E-state index is 0.0516. The smallest absolute Gasteiger partial charge is 0.338 e. The van der Waals surface area contributed by atoms with Gasteiger partial charge >= 0.3 is 5.97 Å². The normalized spacial score (nSPS) is 11.3. The summed E-state index contributed by atoms with van der Waals surface area (Å²) >= 11 is 3.14. The van der Waals surface area contributed by atoms with Crippen LogP contribution >= 0.6 is 15.9 Å². The zero-order valence-electron chi connectivity index (χ0n) is 12.0. The molecule has 2 aromatic rings. The first-order valence-corrected chi connectivity index (χ1v) is 8.76. The second-order valence-electron chi connectivity index (χ2n) is 4.55. The summed E-state index contributed by atoms with van der Waals surface area (Å²) in [6, 6.07) is 9.81. The summed E-state index contributed by atoms with van der Waals surface area (Å²) in [6.45, 7) is -0.249. The van der Waals surface area contributed by atoms with E-state index in [2.05, 4.69) is 20.7 Å². The molecule has 2 rings (SSSR count). The van der Waals surface area contributed by atoms with Crippen LogP contribution in [-0.2, 0) is 21.4 Å². The fourth-order valence-corrected chi connectivity index (χ4v) is 2.88. The van der Waals surface area contributed by atoms with E-state index in [1.54, 1.807) is 6.07 Å². The number of carbonyl (C=O) groups excluding carboxylic acids is 1. The van der Waals surface area contributed by atoms with Crippen LogP contribution in [0.15, 0.2) is 51.8 Å². The Balaban J connectivity index is 2.14. The van der Waals surface area contributed by atoms with Crippen molar-refractivity contribution in [3.8, 4) is 0 Å². The molecule has 0 aliphatic rings. The van der Waals surface area contributed by atoms with Gasteiger partial charge in [0.15, 0.2) is 0 Å². The third-order valence-corrected chi connectivity index (χ3v) is 4.93. The number of benzene rings is 2. The van der Waals surface area contributed by atoms with Gasteiger partial charge in [-0.15, -0.1) is 0 Å². The molecule has 0 spiro atoms. The van der Waals surface area contributed by atoms with E-state index < -0.39 is 21.8 Å². The van der Waals surface area contributed by atoms with Crippen molar-refractivity contribution in [2.45, 2.75) is 11.5 Å². The van der Waals surface area contributed by atoms with Crippen LogP contribution in [0, 0.1) is 5.82 Å². The highest BCUT2D eigenvalue weighted by molar-refractivity contribution is 9.10. The minimum Gasteiger partial charge on any atom is -0.457 e. The largest absolute Gasteiger partial charge is 0.457 e. The first kappa shape index (κ1) is 17.6. The topological polar surface area (TPSA) is 72.5 Å². The van der Waals surface area contributed by atoms with Crippen molar-refractivity contribution in [1.29, 1.82) is 0 Å². The summed E-state index contributed by atoms with van der Waals surface area (Å²) in [5.74, 6) is -1.24. The zero-order chi connectivity index (χ0) is 17.0. The standard InChI is InChI=1S/C15H13BrFNO4S/c1-18-23(20,21)13-4-2-3-10(7-13)15(19)22-9-11-5-6-12(16)8-14(11)17/h2-8,18H,9H2,1H3. The van der Waals surface area contributed by atoms with Gasteiger partial charge in [-0.2, -0.15) is 0 Å². The average molecular weight is 402 g/mol. The summed E-state index contributed by atoms with van der Waals surface area (Å²) < 4.78 is 44.9. The van der Waals surface area contributed by atoms with E-state index in [9.17, 15) is 17.6 Å². The molecule has 0 bridgehead atoms. The highest BCUT2D eigenvalue weighted by atomic mass is 79.9. The Morgan fingerprint density at radius 2 is 2.00 bits per heavy atom.